The van der Waals surface area contributed by atoms with Gasteiger partial charge < -0.3 is 9.64 Å². The van der Waals surface area contributed by atoms with E-state index in [1.165, 1.54) is 40.7 Å². The zero-order chi connectivity index (χ0) is 20.9. The van der Waals surface area contributed by atoms with Crippen molar-refractivity contribution in [3.8, 4) is 0 Å². The molecule has 1 saturated carbocycles. The van der Waals surface area contributed by atoms with Crippen LogP contribution in [-0.2, 0) is 17.7 Å². The van der Waals surface area contributed by atoms with E-state index in [2.05, 4.69) is 48.2 Å². The maximum atomic E-state index is 13.1. The predicted molar refractivity (Wildman–Crippen MR) is 120 cm³/mol. The van der Waals surface area contributed by atoms with Gasteiger partial charge in [-0.2, -0.15) is 0 Å². The van der Waals surface area contributed by atoms with Crippen LogP contribution in [0.3, 0.4) is 0 Å². The van der Waals surface area contributed by atoms with Gasteiger partial charge in [-0.15, -0.1) is 0 Å². The lowest BCUT2D eigenvalue weighted by atomic mass is 9.92. The third kappa shape index (κ3) is 3.61. The summed E-state index contributed by atoms with van der Waals surface area (Å²) in [5, 5.41) is 4.33. The number of amides is 1. The number of hydrogen-bond donors (Lipinski definition) is 0. The fraction of sp³-hybridized carbons (Fsp3) is 0.423. The van der Waals surface area contributed by atoms with Crippen molar-refractivity contribution in [2.24, 2.45) is 5.10 Å². The molecule has 3 heterocycles. The first-order valence-electron chi connectivity index (χ1n) is 11.5. The second-order valence-corrected chi connectivity index (χ2v) is 9.39. The Morgan fingerprint density at radius 1 is 1.16 bits per heavy atom. The summed E-state index contributed by atoms with van der Waals surface area (Å²) in [5.74, 6) is 0.833. The number of carbonyl (C=O) groups is 1. The molecule has 158 valence electrons. The van der Waals surface area contributed by atoms with Gasteiger partial charge in [-0.3, -0.25) is 4.79 Å². The lowest BCUT2D eigenvalue weighted by Gasteiger charge is -2.19. The summed E-state index contributed by atoms with van der Waals surface area (Å²) < 4.78 is 7.48. The molecule has 0 radical (unpaired) electrons. The summed E-state index contributed by atoms with van der Waals surface area (Å²) in [4.78, 5) is 15.1. The Morgan fingerprint density at radius 2 is 1.97 bits per heavy atom. The molecular weight excluding hydrogens is 386 g/mol. The third-order valence-corrected chi connectivity index (χ3v) is 6.99. The molecule has 0 N–H and O–H groups in total. The molecule has 1 unspecified atom stereocenters. The Labute approximate surface area is 183 Å². The number of carbonyl (C=O) groups excluding carboxylic acids is 1. The first kappa shape index (κ1) is 18.9. The highest BCUT2D eigenvalue weighted by Crippen LogP contribution is 2.44. The first-order valence-corrected chi connectivity index (χ1v) is 11.5. The van der Waals surface area contributed by atoms with Crippen molar-refractivity contribution in [1.82, 2.24) is 4.90 Å². The maximum absolute atomic E-state index is 13.1. The van der Waals surface area contributed by atoms with Crippen LogP contribution in [0.5, 0.6) is 0 Å². The molecule has 5 heteroatoms. The molecule has 2 fully saturated rings. The zero-order valence-corrected chi connectivity index (χ0v) is 17.8. The summed E-state index contributed by atoms with van der Waals surface area (Å²) in [7, 11) is 0. The van der Waals surface area contributed by atoms with Gasteiger partial charge >= 0.3 is 0 Å². The topological polar surface area (TPSA) is 44.9 Å². The van der Waals surface area contributed by atoms with Crippen LogP contribution in [0.1, 0.15) is 69.8 Å². The van der Waals surface area contributed by atoms with E-state index in [1.54, 1.807) is 4.68 Å². The van der Waals surface area contributed by atoms with Crippen molar-refractivity contribution in [1.29, 1.82) is 0 Å². The minimum absolute atomic E-state index is 0.171. The van der Waals surface area contributed by atoms with E-state index in [1.807, 2.05) is 4.90 Å². The molecule has 0 spiro atoms. The third-order valence-electron chi connectivity index (χ3n) is 6.99. The van der Waals surface area contributed by atoms with Crippen LogP contribution >= 0.6 is 0 Å². The molecule has 5 nitrogen and oxygen atoms in total. The van der Waals surface area contributed by atoms with E-state index in [0.717, 1.165) is 56.8 Å². The molecule has 6 rings (SSSR count). The van der Waals surface area contributed by atoms with Crippen LogP contribution < -0.4 is 0 Å². The Hall–Kier alpha value is -2.79. The van der Waals surface area contributed by atoms with Gasteiger partial charge in [0.15, 0.2) is 12.4 Å². The molecule has 1 saturated heterocycles. The lowest BCUT2D eigenvalue weighted by Crippen LogP contribution is -2.32. The molecular formula is C26H28N3O2+. The fourth-order valence-electron chi connectivity index (χ4n) is 5.11. The number of rotatable bonds is 6. The van der Waals surface area contributed by atoms with Gasteiger partial charge in [-0.25, -0.2) is 0 Å². The van der Waals surface area contributed by atoms with Crippen molar-refractivity contribution in [3.63, 3.8) is 0 Å². The molecule has 0 bridgehead atoms. The molecule has 4 aliphatic rings. The molecule has 31 heavy (non-hydrogen) atoms. The average molecular weight is 415 g/mol. The van der Waals surface area contributed by atoms with Crippen molar-refractivity contribution in [2.75, 3.05) is 19.7 Å². The smallest absolute Gasteiger partial charge is 0.254 e. The van der Waals surface area contributed by atoms with Crippen LogP contribution in [0, 0.1) is 0 Å². The van der Waals surface area contributed by atoms with Crippen LogP contribution in [0.15, 0.2) is 41.5 Å². The minimum atomic E-state index is 0.171. The number of nitrogens with zero attached hydrogens (tertiary/aromatic N) is 3. The highest BCUT2D eigenvalue weighted by Gasteiger charge is 2.34. The Balaban J connectivity index is 1.25. The van der Waals surface area contributed by atoms with E-state index in [9.17, 15) is 4.79 Å². The van der Waals surface area contributed by atoms with Crippen molar-refractivity contribution in [2.45, 2.75) is 50.7 Å². The van der Waals surface area contributed by atoms with E-state index in [4.69, 9.17) is 4.74 Å². The van der Waals surface area contributed by atoms with Gasteiger partial charge in [0.2, 0.25) is 6.54 Å². The van der Waals surface area contributed by atoms with E-state index >= 15 is 0 Å². The van der Waals surface area contributed by atoms with E-state index < -0.39 is 0 Å². The van der Waals surface area contributed by atoms with Crippen LogP contribution in [0.2, 0.25) is 0 Å². The number of hydrogen-bond acceptors (Lipinski definition) is 3. The van der Waals surface area contributed by atoms with Gasteiger partial charge in [-0.1, -0.05) is 35.0 Å². The highest BCUT2D eigenvalue weighted by atomic mass is 16.5. The second-order valence-electron chi connectivity index (χ2n) is 9.39. The summed E-state index contributed by atoms with van der Waals surface area (Å²) >= 11 is 0. The largest absolute Gasteiger partial charge is 0.376 e. The minimum Gasteiger partial charge on any atom is -0.376 e. The summed E-state index contributed by atoms with van der Waals surface area (Å²) in [6, 6.07) is 13.2. The van der Waals surface area contributed by atoms with Crippen LogP contribution in [-0.4, -0.2) is 53.7 Å². The number of ether oxygens (including phenoxy) is 1. The molecule has 1 atom stereocenters. The number of hydrazone groups is 1. The van der Waals surface area contributed by atoms with Gasteiger partial charge in [-0.05, 0) is 66.3 Å². The summed E-state index contributed by atoms with van der Waals surface area (Å²) in [6.45, 7) is 6.89. The predicted octanol–water partition coefficient (Wildman–Crippen LogP) is 3.72. The Morgan fingerprint density at radius 3 is 2.65 bits per heavy atom. The molecule has 1 aliphatic carbocycles. The Bertz CT molecular complexity index is 1090. The SMILES string of the molecule is C=[N+]1CC(c2ccc(Cc3cc4c(cc3C3CC3)CN(CC3CCCO3)C4=O)cc2)=N1. The van der Waals surface area contributed by atoms with Gasteiger partial charge in [0.05, 0.1) is 6.10 Å². The van der Waals surface area contributed by atoms with Crippen LogP contribution in [0.4, 0.5) is 0 Å². The zero-order valence-electron chi connectivity index (χ0n) is 17.8. The lowest BCUT2D eigenvalue weighted by molar-refractivity contribution is -0.533. The monoisotopic (exact) mass is 414 g/mol. The second kappa shape index (κ2) is 7.41. The molecule has 1 amide bonds. The summed E-state index contributed by atoms with van der Waals surface area (Å²) in [5.41, 5.74) is 8.39. The first-order chi connectivity index (χ1) is 15.1. The van der Waals surface area contributed by atoms with Crippen molar-refractivity contribution in [3.05, 3.63) is 69.8 Å². The molecule has 3 aliphatic heterocycles. The molecule has 2 aromatic carbocycles. The number of benzene rings is 2. The quantitative estimate of drug-likeness (QED) is 0.677. The average Bonchev–Trinajstić information content (AvgIpc) is 3.39. The van der Waals surface area contributed by atoms with Crippen LogP contribution in [0.25, 0.3) is 0 Å². The van der Waals surface area contributed by atoms with Gasteiger partial charge in [0, 0.05) is 35.9 Å². The van der Waals surface area contributed by atoms with Crippen molar-refractivity contribution >= 4 is 18.3 Å². The van der Waals surface area contributed by atoms with Gasteiger partial charge in [0.1, 0.15) is 0 Å². The number of fused-ring (bicyclic) bond motifs is 1. The fourth-order valence-corrected chi connectivity index (χ4v) is 5.11. The van der Waals surface area contributed by atoms with Gasteiger partial charge in [0.25, 0.3) is 5.91 Å². The standard InChI is InChI=1S/C26H28N3O2/c1-28-16-25(27-28)19-6-4-17(5-7-19)11-20-12-24-21(13-23(20)18-8-9-18)14-29(26(24)30)15-22-3-2-10-31-22/h4-7,12-13,18,22H,1-3,8-11,14-16H2/q+1. The normalized spacial score (nSPS) is 22.5. The Kier molecular flexibility index (Phi) is 4.53. The highest BCUT2D eigenvalue weighted by molar-refractivity contribution is 6.02. The molecule has 2 aromatic rings. The van der Waals surface area contributed by atoms with Crippen molar-refractivity contribution < 1.29 is 14.2 Å². The summed E-state index contributed by atoms with van der Waals surface area (Å²) in [6.07, 6.45) is 5.77. The van der Waals surface area contributed by atoms with E-state index in [0.29, 0.717) is 5.92 Å². The van der Waals surface area contributed by atoms with E-state index in [-0.39, 0.29) is 12.0 Å². The maximum Gasteiger partial charge on any atom is 0.254 e. The molecule has 0 aromatic heterocycles.